The minimum Gasteiger partial charge on any atom is -0.334 e. The molecule has 0 radical (unpaired) electrons. The lowest BCUT2D eigenvalue weighted by atomic mass is 9.33. The van der Waals surface area contributed by atoms with E-state index in [1.54, 1.807) is 0 Å². The van der Waals surface area contributed by atoms with E-state index >= 15 is 0 Å². The van der Waals surface area contributed by atoms with E-state index < -0.39 is 0 Å². The summed E-state index contributed by atoms with van der Waals surface area (Å²) in [5.41, 5.74) is 24.5. The molecular formula is C67H56BN3. The Bertz CT molecular complexity index is 3630. The fourth-order valence-corrected chi connectivity index (χ4v) is 15.6. The number of nitrogens with zero attached hydrogens (tertiary/aromatic N) is 3. The van der Waals surface area contributed by atoms with E-state index in [2.05, 4.69) is 248 Å². The van der Waals surface area contributed by atoms with Crippen LogP contribution in [0, 0.1) is 0 Å². The van der Waals surface area contributed by atoms with Crippen LogP contribution in [-0.4, -0.2) is 12.3 Å². The van der Waals surface area contributed by atoms with Gasteiger partial charge >= 0.3 is 0 Å². The first-order chi connectivity index (χ1) is 34.8. The van der Waals surface area contributed by atoms with Crippen LogP contribution in [0.5, 0.6) is 0 Å². The zero-order valence-electron chi connectivity index (χ0n) is 40.9. The number of benzene rings is 9. The molecule has 1 saturated carbocycles. The van der Waals surface area contributed by atoms with E-state index in [1.165, 1.54) is 119 Å². The zero-order valence-corrected chi connectivity index (χ0v) is 40.9. The van der Waals surface area contributed by atoms with E-state index in [4.69, 9.17) is 0 Å². The van der Waals surface area contributed by atoms with Crippen molar-refractivity contribution in [3.63, 3.8) is 0 Å². The van der Waals surface area contributed by atoms with Gasteiger partial charge in [-0.25, -0.2) is 0 Å². The molecule has 3 nitrogen and oxygen atoms in total. The van der Waals surface area contributed by atoms with Crippen molar-refractivity contribution in [2.75, 3.05) is 14.7 Å². The summed E-state index contributed by atoms with van der Waals surface area (Å²) in [5.74, 6) is 0. The van der Waals surface area contributed by atoms with E-state index in [0.29, 0.717) is 0 Å². The SMILES string of the molecule is CC12CCc3ccccc3C1(C)N1c3cc(N4c5ccccc5C5(c6ccccc6)CCCCC45C)cc4c3B(c3cc(-c5ccccc5)ccc3N4c3ccc(-c4ccccc4)cc3)c3cccc2c31. The second-order valence-corrected chi connectivity index (χ2v) is 22.0. The maximum Gasteiger partial charge on any atom is 0.252 e. The molecule has 1 fully saturated rings. The predicted molar refractivity (Wildman–Crippen MR) is 297 cm³/mol. The van der Waals surface area contributed by atoms with Gasteiger partial charge in [-0.3, -0.25) is 0 Å². The highest BCUT2D eigenvalue weighted by molar-refractivity contribution is 7.00. The topological polar surface area (TPSA) is 9.72 Å². The predicted octanol–water partition coefficient (Wildman–Crippen LogP) is 14.7. The Morgan fingerprint density at radius 1 is 0.423 bits per heavy atom. The third-order valence-corrected chi connectivity index (χ3v) is 19.0. The Balaban J connectivity index is 1.06. The van der Waals surface area contributed by atoms with Crippen molar-refractivity contribution in [1.82, 2.24) is 0 Å². The Morgan fingerprint density at radius 2 is 1.04 bits per heavy atom. The van der Waals surface area contributed by atoms with Gasteiger partial charge in [0.2, 0.25) is 0 Å². The van der Waals surface area contributed by atoms with E-state index in [-0.39, 0.29) is 28.6 Å². The van der Waals surface area contributed by atoms with Crippen LogP contribution in [0.2, 0.25) is 0 Å². The zero-order chi connectivity index (χ0) is 47.3. The van der Waals surface area contributed by atoms with Crippen molar-refractivity contribution < 1.29 is 0 Å². The summed E-state index contributed by atoms with van der Waals surface area (Å²) in [4.78, 5) is 8.35. The average molecular weight is 914 g/mol. The van der Waals surface area contributed by atoms with Crippen LogP contribution in [-0.2, 0) is 22.8 Å². The van der Waals surface area contributed by atoms with Crippen molar-refractivity contribution in [3.8, 4) is 22.3 Å². The fourth-order valence-electron chi connectivity index (χ4n) is 15.6. The molecule has 0 saturated heterocycles. The van der Waals surface area contributed by atoms with Crippen LogP contribution in [0.3, 0.4) is 0 Å². The standard InChI is InChI=1S/C67H56BN3/c1-64-41-38-48-24-13-14-27-53(48)66(64,3)71-61-44-52(70-58-31-16-15-28-54(58)67(50-25-11-6-12-26-50)40-18-17-39-65(67,70)2)43-60-62(61)68(56-30-19-29-55(64)63(56)71)57-42-49(46-22-9-5-10-23-46)34-37-59(57)69(60)51-35-32-47(33-36-51)45-20-7-4-8-21-45/h4-16,19-37,42-44H,17-18,38-41H2,1-3H3. The van der Waals surface area contributed by atoms with Gasteiger partial charge in [0.15, 0.2) is 0 Å². The largest absolute Gasteiger partial charge is 0.334 e. The molecule has 0 amide bonds. The Kier molecular flexibility index (Phi) is 8.57. The molecule has 0 aromatic heterocycles. The van der Waals surface area contributed by atoms with Gasteiger partial charge in [0.1, 0.15) is 0 Å². The second-order valence-electron chi connectivity index (χ2n) is 22.0. The molecule has 342 valence electrons. The first-order valence-electron chi connectivity index (χ1n) is 26.1. The lowest BCUT2D eigenvalue weighted by molar-refractivity contribution is 0.215. The molecule has 9 aromatic rings. The van der Waals surface area contributed by atoms with Crippen LogP contribution in [0.25, 0.3) is 22.3 Å². The molecule has 4 atom stereocenters. The van der Waals surface area contributed by atoms with Gasteiger partial charge in [0.25, 0.3) is 6.71 Å². The van der Waals surface area contributed by atoms with Crippen molar-refractivity contribution in [2.24, 2.45) is 0 Å². The number of hydrogen-bond donors (Lipinski definition) is 0. The number of rotatable bonds is 5. The first-order valence-corrected chi connectivity index (χ1v) is 26.1. The molecule has 0 N–H and O–H groups in total. The fraction of sp³-hybridized carbons (Fsp3) is 0.194. The molecule has 15 rings (SSSR count). The molecule has 9 aromatic carbocycles. The maximum absolute atomic E-state index is 2.88. The van der Waals surface area contributed by atoms with Crippen molar-refractivity contribution in [2.45, 2.75) is 81.2 Å². The van der Waals surface area contributed by atoms with Crippen LogP contribution in [0.15, 0.2) is 212 Å². The normalized spacial score (nSPS) is 23.8. The highest BCUT2D eigenvalue weighted by atomic mass is 15.3. The Labute approximate surface area is 419 Å². The molecule has 4 aliphatic heterocycles. The molecule has 6 aliphatic rings. The highest BCUT2D eigenvalue weighted by Gasteiger charge is 2.64. The molecular weight excluding hydrogens is 858 g/mol. The first kappa shape index (κ1) is 41.2. The summed E-state index contributed by atoms with van der Waals surface area (Å²) in [6.07, 6.45) is 6.79. The van der Waals surface area contributed by atoms with Crippen LogP contribution >= 0.6 is 0 Å². The second kappa shape index (κ2) is 14.7. The van der Waals surface area contributed by atoms with E-state index in [9.17, 15) is 0 Å². The van der Waals surface area contributed by atoms with E-state index in [1.807, 2.05) is 0 Å². The molecule has 4 unspecified atom stereocenters. The van der Waals surface area contributed by atoms with Gasteiger partial charge in [-0.05, 0) is 142 Å². The van der Waals surface area contributed by atoms with Gasteiger partial charge in [-0.15, -0.1) is 0 Å². The molecule has 4 heteroatoms. The van der Waals surface area contributed by atoms with Crippen molar-refractivity contribution in [1.29, 1.82) is 0 Å². The third kappa shape index (κ3) is 5.25. The highest BCUT2D eigenvalue weighted by Crippen LogP contribution is 2.67. The lowest BCUT2D eigenvalue weighted by Gasteiger charge is -2.54. The van der Waals surface area contributed by atoms with Crippen LogP contribution in [0.4, 0.5) is 39.8 Å². The number of fused-ring (bicyclic) bond motifs is 12. The van der Waals surface area contributed by atoms with Gasteiger partial charge < -0.3 is 14.7 Å². The number of aryl methyl sites for hydroxylation is 1. The summed E-state index contributed by atoms with van der Waals surface area (Å²) >= 11 is 0. The van der Waals surface area contributed by atoms with Crippen molar-refractivity contribution in [3.05, 3.63) is 240 Å². The molecule has 2 aliphatic carbocycles. The summed E-state index contributed by atoms with van der Waals surface area (Å²) in [7, 11) is 0. The quantitative estimate of drug-likeness (QED) is 0.159. The van der Waals surface area contributed by atoms with Gasteiger partial charge in [0, 0.05) is 50.6 Å². The van der Waals surface area contributed by atoms with Crippen molar-refractivity contribution >= 4 is 62.9 Å². The minimum absolute atomic E-state index is 0.0147. The summed E-state index contributed by atoms with van der Waals surface area (Å²) in [6.45, 7) is 7.80. The van der Waals surface area contributed by atoms with Crippen LogP contribution < -0.4 is 31.1 Å². The summed E-state index contributed by atoms with van der Waals surface area (Å²) in [6, 6.07) is 81.5. The van der Waals surface area contributed by atoms with Gasteiger partial charge in [-0.2, -0.15) is 0 Å². The molecule has 71 heavy (non-hydrogen) atoms. The van der Waals surface area contributed by atoms with E-state index in [0.717, 1.165) is 25.7 Å². The Hall–Kier alpha value is -7.56. The van der Waals surface area contributed by atoms with Gasteiger partial charge in [-0.1, -0.05) is 196 Å². The Morgan fingerprint density at radius 3 is 1.82 bits per heavy atom. The third-order valence-electron chi connectivity index (χ3n) is 19.0. The number of hydrogen-bond acceptors (Lipinski definition) is 3. The lowest BCUT2D eigenvalue weighted by Crippen LogP contribution is -2.64. The molecule has 0 spiro atoms. The number of para-hydroxylation sites is 2. The smallest absolute Gasteiger partial charge is 0.252 e. The maximum atomic E-state index is 2.88. The molecule has 4 heterocycles. The van der Waals surface area contributed by atoms with Gasteiger partial charge in [0.05, 0.1) is 11.1 Å². The minimum atomic E-state index is -0.350. The van der Waals surface area contributed by atoms with Crippen LogP contribution in [0.1, 0.15) is 80.7 Å². The average Bonchev–Trinajstić information content (AvgIpc) is 3.83. The summed E-state index contributed by atoms with van der Waals surface area (Å²) < 4.78 is 0. The molecule has 0 bridgehead atoms. The monoisotopic (exact) mass is 913 g/mol. The number of anilines is 7. The summed E-state index contributed by atoms with van der Waals surface area (Å²) in [5, 5.41) is 0.